The van der Waals surface area contributed by atoms with Crippen molar-refractivity contribution >= 4 is 5.97 Å². The highest BCUT2D eigenvalue weighted by molar-refractivity contribution is 5.67. The molecule has 0 unspecified atom stereocenters. The molecule has 1 rings (SSSR count). The molecule has 0 heterocycles. The summed E-state index contributed by atoms with van der Waals surface area (Å²) in [6, 6.07) is 11.5. The van der Waals surface area contributed by atoms with Crippen molar-refractivity contribution in [2.75, 3.05) is 14.1 Å². The molecule has 0 aliphatic carbocycles. The minimum Gasteiger partial charge on any atom is -0.481 e. The zero-order chi connectivity index (χ0) is 12.9. The summed E-state index contributed by atoms with van der Waals surface area (Å²) in [5.41, 5.74) is -0.0478. The van der Waals surface area contributed by atoms with E-state index >= 15 is 0 Å². The van der Waals surface area contributed by atoms with Crippen LogP contribution in [-0.2, 0) is 10.3 Å². The van der Waals surface area contributed by atoms with Gasteiger partial charge < -0.3 is 5.11 Å². The van der Waals surface area contributed by atoms with E-state index in [1.54, 1.807) is 19.0 Å². The molecule has 0 aromatic heterocycles. The molecule has 1 aromatic carbocycles. The molecule has 0 aliphatic heterocycles. The Labute approximate surface area is 101 Å². The summed E-state index contributed by atoms with van der Waals surface area (Å²) in [5.74, 6) is -0.887. The van der Waals surface area contributed by atoms with E-state index < -0.39 is 11.5 Å². The van der Waals surface area contributed by atoms with E-state index in [-0.39, 0.29) is 12.8 Å². The summed E-state index contributed by atoms with van der Waals surface area (Å²) >= 11 is 0. The van der Waals surface area contributed by atoms with Gasteiger partial charge in [-0.15, -0.1) is 0 Å². The van der Waals surface area contributed by atoms with Crippen LogP contribution < -0.4 is 0 Å². The van der Waals surface area contributed by atoms with Gasteiger partial charge in [-0.1, -0.05) is 30.3 Å². The highest BCUT2D eigenvalue weighted by Gasteiger charge is 2.35. The van der Waals surface area contributed by atoms with Crippen LogP contribution in [0.5, 0.6) is 0 Å². The van der Waals surface area contributed by atoms with Crippen LogP contribution in [0, 0.1) is 11.3 Å². The van der Waals surface area contributed by atoms with Gasteiger partial charge in [0, 0.05) is 6.42 Å². The first-order valence-corrected chi connectivity index (χ1v) is 5.39. The molecule has 4 nitrogen and oxygen atoms in total. The lowest BCUT2D eigenvalue weighted by Gasteiger charge is -2.33. The van der Waals surface area contributed by atoms with Gasteiger partial charge in [-0.25, -0.2) is 0 Å². The summed E-state index contributed by atoms with van der Waals surface area (Å²) in [6.45, 7) is 0. The Morgan fingerprint density at radius 2 is 2.00 bits per heavy atom. The monoisotopic (exact) mass is 232 g/mol. The molecule has 0 amide bonds. The highest BCUT2D eigenvalue weighted by atomic mass is 16.4. The van der Waals surface area contributed by atoms with Crippen molar-refractivity contribution in [3.05, 3.63) is 35.9 Å². The smallest absolute Gasteiger partial charge is 0.303 e. The first kappa shape index (κ1) is 13.2. The maximum atomic E-state index is 10.7. The SMILES string of the molecule is CN(C)[C@](C#N)(CCC(=O)O)c1ccccc1. The zero-order valence-electron chi connectivity index (χ0n) is 10.1. The van der Waals surface area contributed by atoms with E-state index in [0.29, 0.717) is 0 Å². The number of aliphatic carboxylic acids is 1. The number of hydrogen-bond donors (Lipinski definition) is 1. The second kappa shape index (κ2) is 5.46. The van der Waals surface area contributed by atoms with Crippen LogP contribution >= 0.6 is 0 Å². The second-order valence-electron chi connectivity index (χ2n) is 4.13. The minimum atomic E-state index is -0.887. The molecule has 4 heteroatoms. The predicted octanol–water partition coefficient (Wildman–Crippen LogP) is 1.83. The lowest BCUT2D eigenvalue weighted by Crippen LogP contribution is -2.40. The quantitative estimate of drug-likeness (QED) is 0.841. The van der Waals surface area contributed by atoms with Gasteiger partial charge in [0.25, 0.3) is 0 Å². The molecule has 0 bridgehead atoms. The molecule has 1 aromatic rings. The summed E-state index contributed by atoms with van der Waals surface area (Å²) < 4.78 is 0. The van der Waals surface area contributed by atoms with Gasteiger partial charge in [0.1, 0.15) is 5.54 Å². The van der Waals surface area contributed by atoms with E-state index in [9.17, 15) is 10.1 Å². The predicted molar refractivity (Wildman–Crippen MR) is 64.3 cm³/mol. The Morgan fingerprint density at radius 3 is 2.41 bits per heavy atom. The number of nitrogens with zero attached hydrogens (tertiary/aromatic N) is 2. The lowest BCUT2D eigenvalue weighted by molar-refractivity contribution is -0.137. The van der Waals surface area contributed by atoms with Crippen LogP contribution in [0.3, 0.4) is 0 Å². The van der Waals surface area contributed by atoms with E-state index in [0.717, 1.165) is 5.56 Å². The number of nitriles is 1. The molecule has 1 atom stereocenters. The van der Waals surface area contributed by atoms with Crippen LogP contribution in [0.1, 0.15) is 18.4 Å². The molecule has 0 radical (unpaired) electrons. The lowest BCUT2D eigenvalue weighted by atomic mass is 9.85. The molecular formula is C13H16N2O2. The number of benzene rings is 1. The highest BCUT2D eigenvalue weighted by Crippen LogP contribution is 2.30. The largest absolute Gasteiger partial charge is 0.481 e. The number of carboxylic acid groups (broad SMARTS) is 1. The number of hydrogen-bond acceptors (Lipinski definition) is 3. The molecule has 90 valence electrons. The first-order valence-electron chi connectivity index (χ1n) is 5.39. The molecule has 0 spiro atoms. The second-order valence-corrected chi connectivity index (χ2v) is 4.13. The molecule has 0 aliphatic rings. The van der Waals surface area contributed by atoms with E-state index in [2.05, 4.69) is 6.07 Å². The Kier molecular flexibility index (Phi) is 4.24. The average molecular weight is 232 g/mol. The van der Waals surface area contributed by atoms with Gasteiger partial charge in [0.2, 0.25) is 0 Å². The Bertz CT molecular complexity index is 423. The van der Waals surface area contributed by atoms with Crippen molar-refractivity contribution in [3.63, 3.8) is 0 Å². The molecule has 0 saturated heterocycles. The fourth-order valence-electron chi connectivity index (χ4n) is 1.85. The van der Waals surface area contributed by atoms with Crippen LogP contribution in [0.25, 0.3) is 0 Å². The third-order valence-electron chi connectivity index (χ3n) is 2.90. The fraction of sp³-hybridized carbons (Fsp3) is 0.385. The van der Waals surface area contributed by atoms with Crippen molar-refractivity contribution < 1.29 is 9.90 Å². The van der Waals surface area contributed by atoms with Crippen molar-refractivity contribution in [2.24, 2.45) is 0 Å². The molecule has 17 heavy (non-hydrogen) atoms. The van der Waals surface area contributed by atoms with Gasteiger partial charge >= 0.3 is 5.97 Å². The third-order valence-corrected chi connectivity index (χ3v) is 2.90. The number of carboxylic acids is 1. The van der Waals surface area contributed by atoms with Crippen LogP contribution in [-0.4, -0.2) is 30.1 Å². The summed E-state index contributed by atoms with van der Waals surface area (Å²) in [7, 11) is 3.58. The fourth-order valence-corrected chi connectivity index (χ4v) is 1.85. The average Bonchev–Trinajstić information content (AvgIpc) is 2.31. The van der Waals surface area contributed by atoms with E-state index in [1.165, 1.54) is 0 Å². The van der Waals surface area contributed by atoms with Crippen molar-refractivity contribution in [1.29, 1.82) is 5.26 Å². The zero-order valence-corrected chi connectivity index (χ0v) is 10.1. The molecule has 1 N–H and O–H groups in total. The van der Waals surface area contributed by atoms with Gasteiger partial charge in [-0.2, -0.15) is 5.26 Å². The van der Waals surface area contributed by atoms with Gasteiger partial charge in [-0.05, 0) is 26.1 Å². The Hall–Kier alpha value is -1.86. The van der Waals surface area contributed by atoms with Crippen LogP contribution in [0.4, 0.5) is 0 Å². The normalized spacial score (nSPS) is 14.0. The Balaban J connectivity index is 3.10. The molecular weight excluding hydrogens is 216 g/mol. The van der Waals surface area contributed by atoms with Gasteiger partial charge in [0.05, 0.1) is 6.07 Å². The molecule has 0 fully saturated rings. The standard InChI is InChI=1S/C13H16N2O2/c1-15(2)13(10-14,9-8-12(16)17)11-6-4-3-5-7-11/h3-7H,8-9H2,1-2H3,(H,16,17)/t13-/m0/s1. The number of carbonyl (C=O) groups is 1. The van der Waals surface area contributed by atoms with Crippen molar-refractivity contribution in [1.82, 2.24) is 4.90 Å². The van der Waals surface area contributed by atoms with Crippen molar-refractivity contribution in [2.45, 2.75) is 18.4 Å². The van der Waals surface area contributed by atoms with Crippen molar-refractivity contribution in [3.8, 4) is 6.07 Å². The van der Waals surface area contributed by atoms with E-state index in [1.807, 2.05) is 30.3 Å². The summed E-state index contributed by atoms with van der Waals surface area (Å²) in [4.78, 5) is 12.5. The van der Waals surface area contributed by atoms with Gasteiger partial charge in [-0.3, -0.25) is 9.69 Å². The topological polar surface area (TPSA) is 64.3 Å². The molecule has 0 saturated carbocycles. The third kappa shape index (κ3) is 2.83. The summed E-state index contributed by atoms with van der Waals surface area (Å²) in [6.07, 6.45) is 0.247. The van der Waals surface area contributed by atoms with Crippen LogP contribution in [0.15, 0.2) is 30.3 Å². The van der Waals surface area contributed by atoms with E-state index in [4.69, 9.17) is 5.11 Å². The summed E-state index contributed by atoms with van der Waals surface area (Å²) in [5, 5.41) is 18.2. The number of rotatable bonds is 5. The minimum absolute atomic E-state index is 0.0271. The first-order chi connectivity index (χ1) is 8.03. The van der Waals surface area contributed by atoms with Gasteiger partial charge in [0.15, 0.2) is 0 Å². The Morgan fingerprint density at radius 1 is 1.41 bits per heavy atom. The maximum Gasteiger partial charge on any atom is 0.303 e. The maximum absolute atomic E-state index is 10.7. The van der Waals surface area contributed by atoms with Crippen LogP contribution in [0.2, 0.25) is 0 Å².